The van der Waals surface area contributed by atoms with Gasteiger partial charge in [-0.3, -0.25) is 0 Å². The smallest absolute Gasteiger partial charge is 0.0769 e. The van der Waals surface area contributed by atoms with Gasteiger partial charge < -0.3 is 21.1 Å². The molecule has 4 nitrogen and oxygen atoms in total. The molecule has 0 amide bonds. The van der Waals surface area contributed by atoms with Gasteiger partial charge in [-0.25, -0.2) is 0 Å². The Balaban J connectivity index is 1.83. The van der Waals surface area contributed by atoms with Gasteiger partial charge in [0.1, 0.15) is 0 Å². The van der Waals surface area contributed by atoms with Crippen molar-refractivity contribution in [1.82, 2.24) is 5.32 Å². The van der Waals surface area contributed by atoms with E-state index in [0.29, 0.717) is 0 Å². The van der Waals surface area contributed by atoms with Gasteiger partial charge in [-0.15, -0.1) is 0 Å². The molecular formula is C16H21N3O. The van der Waals surface area contributed by atoms with Crippen molar-refractivity contribution in [3.8, 4) is 0 Å². The fourth-order valence-electron chi connectivity index (χ4n) is 2.81. The van der Waals surface area contributed by atoms with Gasteiger partial charge in [0.15, 0.2) is 0 Å². The van der Waals surface area contributed by atoms with Crippen LogP contribution in [0.5, 0.6) is 0 Å². The summed E-state index contributed by atoms with van der Waals surface area (Å²) in [6.45, 7) is 2.40. The SMILES string of the molecule is Nc1ccc(NC2(C3COCCN3)C=CC=CC2)cc1. The van der Waals surface area contributed by atoms with Crippen LogP contribution < -0.4 is 16.4 Å². The molecule has 106 valence electrons. The van der Waals surface area contributed by atoms with Crippen molar-refractivity contribution in [2.75, 3.05) is 30.8 Å². The van der Waals surface area contributed by atoms with E-state index in [0.717, 1.165) is 37.6 Å². The zero-order chi connectivity index (χ0) is 13.8. The van der Waals surface area contributed by atoms with Crippen molar-refractivity contribution < 1.29 is 4.74 Å². The second-order valence-corrected chi connectivity index (χ2v) is 5.36. The van der Waals surface area contributed by atoms with Gasteiger partial charge in [-0.2, -0.15) is 0 Å². The number of hydrogen-bond donors (Lipinski definition) is 3. The Morgan fingerprint density at radius 3 is 2.75 bits per heavy atom. The van der Waals surface area contributed by atoms with Crippen LogP contribution in [0.4, 0.5) is 11.4 Å². The van der Waals surface area contributed by atoms with Gasteiger partial charge in [0.2, 0.25) is 0 Å². The summed E-state index contributed by atoms with van der Waals surface area (Å²) < 4.78 is 5.64. The molecule has 1 aliphatic heterocycles. The second kappa shape index (κ2) is 5.69. The van der Waals surface area contributed by atoms with Crippen LogP contribution in [-0.2, 0) is 4.74 Å². The fraction of sp³-hybridized carbons (Fsp3) is 0.375. The summed E-state index contributed by atoms with van der Waals surface area (Å²) in [4.78, 5) is 0. The highest BCUT2D eigenvalue weighted by atomic mass is 16.5. The molecule has 4 N–H and O–H groups in total. The van der Waals surface area contributed by atoms with Crippen molar-refractivity contribution in [3.05, 3.63) is 48.6 Å². The van der Waals surface area contributed by atoms with E-state index in [9.17, 15) is 0 Å². The van der Waals surface area contributed by atoms with Gasteiger partial charge in [-0.1, -0.05) is 24.3 Å². The molecule has 0 spiro atoms. The number of anilines is 2. The highest BCUT2D eigenvalue weighted by Crippen LogP contribution is 2.28. The third-order valence-corrected chi connectivity index (χ3v) is 3.93. The van der Waals surface area contributed by atoms with Crippen molar-refractivity contribution >= 4 is 11.4 Å². The molecule has 0 bridgehead atoms. The standard InChI is InChI=1S/C16H21N3O/c17-13-4-6-14(7-5-13)19-16(8-2-1-3-9-16)15-12-20-11-10-18-15/h1-8,15,18-19H,9-12,17H2. The van der Waals surface area contributed by atoms with E-state index in [-0.39, 0.29) is 11.6 Å². The van der Waals surface area contributed by atoms with Crippen LogP contribution in [0.3, 0.4) is 0 Å². The van der Waals surface area contributed by atoms with Gasteiger partial charge in [-0.05, 0) is 30.7 Å². The van der Waals surface area contributed by atoms with Crippen molar-refractivity contribution in [2.24, 2.45) is 0 Å². The normalized spacial score (nSPS) is 29.3. The van der Waals surface area contributed by atoms with Crippen LogP contribution in [-0.4, -0.2) is 31.3 Å². The van der Waals surface area contributed by atoms with Crippen molar-refractivity contribution in [2.45, 2.75) is 18.0 Å². The molecule has 1 aromatic rings. The highest BCUT2D eigenvalue weighted by Gasteiger charge is 2.37. The highest BCUT2D eigenvalue weighted by molar-refractivity contribution is 5.54. The number of ether oxygens (including phenoxy) is 1. The summed E-state index contributed by atoms with van der Waals surface area (Å²) in [5.41, 5.74) is 7.46. The summed E-state index contributed by atoms with van der Waals surface area (Å²) in [6.07, 6.45) is 9.56. The summed E-state index contributed by atoms with van der Waals surface area (Å²) >= 11 is 0. The number of nitrogens with two attached hydrogens (primary N) is 1. The van der Waals surface area contributed by atoms with Crippen LogP contribution >= 0.6 is 0 Å². The zero-order valence-electron chi connectivity index (χ0n) is 11.5. The number of nitrogens with one attached hydrogen (secondary N) is 2. The van der Waals surface area contributed by atoms with E-state index < -0.39 is 0 Å². The minimum Gasteiger partial charge on any atom is -0.399 e. The van der Waals surface area contributed by atoms with E-state index in [2.05, 4.69) is 34.9 Å². The Kier molecular flexibility index (Phi) is 3.76. The maximum absolute atomic E-state index is 5.75. The monoisotopic (exact) mass is 271 g/mol. The molecule has 0 radical (unpaired) electrons. The lowest BCUT2D eigenvalue weighted by molar-refractivity contribution is 0.0609. The Morgan fingerprint density at radius 1 is 1.25 bits per heavy atom. The molecule has 3 rings (SSSR count). The van der Waals surface area contributed by atoms with Crippen molar-refractivity contribution in [3.63, 3.8) is 0 Å². The number of hydrogen-bond acceptors (Lipinski definition) is 4. The molecule has 2 aliphatic rings. The topological polar surface area (TPSA) is 59.3 Å². The molecule has 2 atom stereocenters. The number of rotatable bonds is 3. The first-order chi connectivity index (χ1) is 9.78. The molecule has 1 saturated heterocycles. The van der Waals surface area contributed by atoms with Crippen molar-refractivity contribution in [1.29, 1.82) is 0 Å². The molecule has 20 heavy (non-hydrogen) atoms. The number of morpholine rings is 1. The molecular weight excluding hydrogens is 250 g/mol. The summed E-state index contributed by atoms with van der Waals surface area (Å²) in [5.74, 6) is 0. The summed E-state index contributed by atoms with van der Waals surface area (Å²) in [6, 6.07) is 8.14. The number of nitrogen functional groups attached to an aromatic ring is 1. The summed E-state index contributed by atoms with van der Waals surface area (Å²) in [7, 11) is 0. The summed E-state index contributed by atoms with van der Waals surface area (Å²) in [5, 5.41) is 7.22. The minimum atomic E-state index is -0.148. The number of allylic oxidation sites excluding steroid dienone is 2. The van der Waals surface area contributed by atoms with E-state index in [1.54, 1.807) is 0 Å². The maximum atomic E-state index is 5.75. The fourth-order valence-corrected chi connectivity index (χ4v) is 2.81. The molecule has 1 fully saturated rings. The Morgan fingerprint density at radius 2 is 2.10 bits per heavy atom. The quantitative estimate of drug-likeness (QED) is 0.735. The van der Waals surface area contributed by atoms with Crippen LogP contribution in [0.25, 0.3) is 0 Å². The molecule has 0 saturated carbocycles. The average molecular weight is 271 g/mol. The lowest BCUT2D eigenvalue weighted by Crippen LogP contribution is -2.59. The molecule has 1 aliphatic carbocycles. The maximum Gasteiger partial charge on any atom is 0.0769 e. The molecule has 1 aromatic carbocycles. The Hall–Kier alpha value is -1.78. The third-order valence-electron chi connectivity index (χ3n) is 3.93. The first-order valence-corrected chi connectivity index (χ1v) is 7.08. The van der Waals surface area contributed by atoms with Crippen LogP contribution in [0.1, 0.15) is 6.42 Å². The van der Waals surface area contributed by atoms with Gasteiger partial charge in [0, 0.05) is 17.9 Å². The second-order valence-electron chi connectivity index (χ2n) is 5.36. The first kappa shape index (κ1) is 13.2. The van der Waals surface area contributed by atoms with Gasteiger partial charge in [0.05, 0.1) is 24.8 Å². The van der Waals surface area contributed by atoms with Crippen LogP contribution in [0.15, 0.2) is 48.6 Å². The van der Waals surface area contributed by atoms with Crippen LogP contribution in [0.2, 0.25) is 0 Å². The molecule has 0 aromatic heterocycles. The lowest BCUT2D eigenvalue weighted by atomic mass is 9.83. The molecule has 2 unspecified atom stereocenters. The van der Waals surface area contributed by atoms with E-state index in [1.165, 1.54) is 0 Å². The van der Waals surface area contributed by atoms with E-state index in [4.69, 9.17) is 10.5 Å². The first-order valence-electron chi connectivity index (χ1n) is 7.08. The van der Waals surface area contributed by atoms with Gasteiger partial charge >= 0.3 is 0 Å². The Labute approximate surface area is 119 Å². The van der Waals surface area contributed by atoms with Gasteiger partial charge in [0.25, 0.3) is 0 Å². The predicted octanol–water partition coefficient (Wildman–Crippen LogP) is 1.92. The van der Waals surface area contributed by atoms with Crippen LogP contribution in [0, 0.1) is 0 Å². The minimum absolute atomic E-state index is 0.148. The molecule has 1 heterocycles. The number of benzene rings is 1. The lowest BCUT2D eigenvalue weighted by Gasteiger charge is -2.42. The van der Waals surface area contributed by atoms with E-state index >= 15 is 0 Å². The van der Waals surface area contributed by atoms with E-state index in [1.807, 2.05) is 24.3 Å². The largest absolute Gasteiger partial charge is 0.399 e. The third kappa shape index (κ3) is 2.71. The Bertz CT molecular complexity index is 503. The predicted molar refractivity (Wildman–Crippen MR) is 82.7 cm³/mol. The molecule has 4 heteroatoms. The average Bonchev–Trinajstić information content (AvgIpc) is 2.52. The zero-order valence-corrected chi connectivity index (χ0v) is 11.5.